The summed E-state index contributed by atoms with van der Waals surface area (Å²) in [6, 6.07) is 7.29. The Morgan fingerprint density at radius 2 is 2.32 bits per heavy atom. The second-order valence-corrected chi connectivity index (χ2v) is 5.52. The largest absolute Gasteiger partial charge is 0.487 e. The highest BCUT2D eigenvalue weighted by Gasteiger charge is 2.14. The number of aromatic amines is 1. The smallest absolute Gasteiger partial charge is 0.272 e. The van der Waals surface area contributed by atoms with Gasteiger partial charge in [0.25, 0.3) is 5.91 Å². The zero-order valence-electron chi connectivity index (χ0n) is 13.5. The topological polar surface area (TPSA) is 97.7 Å². The lowest BCUT2D eigenvalue weighted by molar-refractivity contribution is 0.0931. The third kappa shape index (κ3) is 4.63. The Hall–Kier alpha value is -3.23. The van der Waals surface area contributed by atoms with Gasteiger partial charge >= 0.3 is 0 Å². The Morgan fingerprint density at radius 3 is 3.08 bits per heavy atom. The molecule has 8 nitrogen and oxygen atoms in total. The minimum atomic E-state index is -0.372. The normalized spacial score (nSPS) is 11.9. The first-order chi connectivity index (χ1) is 12.1. The lowest BCUT2D eigenvalue weighted by Crippen LogP contribution is -2.36. The number of hydrogen-bond donors (Lipinski definition) is 2. The van der Waals surface area contributed by atoms with Gasteiger partial charge in [-0.15, -0.1) is 0 Å². The van der Waals surface area contributed by atoms with Gasteiger partial charge in [0.2, 0.25) is 0 Å². The number of halogens is 1. The van der Waals surface area contributed by atoms with Gasteiger partial charge in [-0.1, -0.05) is 6.07 Å². The predicted molar refractivity (Wildman–Crippen MR) is 86.3 cm³/mol. The van der Waals surface area contributed by atoms with E-state index >= 15 is 0 Å². The van der Waals surface area contributed by atoms with Crippen molar-refractivity contribution in [2.75, 3.05) is 0 Å². The summed E-state index contributed by atoms with van der Waals surface area (Å²) < 4.78 is 20.2. The molecule has 0 aliphatic carbocycles. The zero-order valence-corrected chi connectivity index (χ0v) is 13.5. The Labute approximate surface area is 143 Å². The van der Waals surface area contributed by atoms with Crippen LogP contribution in [0.25, 0.3) is 0 Å². The molecule has 3 aromatic rings. The SMILES string of the molecule is C[C@H](Cn1cncn1)NC(=O)c1cc(COc2cccc(F)c2)[nH]n1. The molecule has 1 atom stereocenters. The van der Waals surface area contributed by atoms with Crippen molar-refractivity contribution in [3.05, 3.63) is 60.2 Å². The molecule has 1 amide bonds. The minimum absolute atomic E-state index is 0.141. The number of nitrogens with zero attached hydrogens (tertiary/aromatic N) is 4. The van der Waals surface area contributed by atoms with Crippen molar-refractivity contribution in [3.8, 4) is 5.75 Å². The van der Waals surface area contributed by atoms with Gasteiger partial charge in [-0.25, -0.2) is 9.37 Å². The Bertz CT molecular complexity index is 833. The standard InChI is InChI=1S/C16H17FN6O2/c1-11(7-23-10-18-9-19-23)20-16(24)15-6-13(21-22-15)8-25-14-4-2-3-12(17)5-14/h2-6,9-11H,7-8H2,1H3,(H,20,24)(H,21,22)/t11-/m1/s1. The van der Waals surface area contributed by atoms with Crippen molar-refractivity contribution >= 4 is 5.91 Å². The summed E-state index contributed by atoms with van der Waals surface area (Å²) in [5.74, 6) is -0.272. The first-order valence-electron chi connectivity index (χ1n) is 7.66. The third-order valence-corrected chi connectivity index (χ3v) is 3.36. The molecule has 0 unspecified atom stereocenters. The number of hydrogen-bond acceptors (Lipinski definition) is 5. The third-order valence-electron chi connectivity index (χ3n) is 3.36. The molecule has 2 heterocycles. The van der Waals surface area contributed by atoms with Crippen LogP contribution in [0.2, 0.25) is 0 Å². The number of aromatic nitrogens is 5. The van der Waals surface area contributed by atoms with E-state index in [1.54, 1.807) is 29.2 Å². The van der Waals surface area contributed by atoms with Crippen LogP contribution >= 0.6 is 0 Å². The molecular formula is C16H17FN6O2. The highest BCUT2D eigenvalue weighted by atomic mass is 19.1. The number of ether oxygens (including phenoxy) is 1. The number of benzene rings is 1. The van der Waals surface area contributed by atoms with Crippen LogP contribution in [0.1, 0.15) is 23.1 Å². The molecule has 0 saturated heterocycles. The monoisotopic (exact) mass is 344 g/mol. The van der Waals surface area contributed by atoms with Gasteiger partial charge < -0.3 is 10.1 Å². The molecule has 0 spiro atoms. The zero-order chi connectivity index (χ0) is 17.6. The highest BCUT2D eigenvalue weighted by Crippen LogP contribution is 2.13. The van der Waals surface area contributed by atoms with Crippen LogP contribution in [-0.2, 0) is 13.2 Å². The van der Waals surface area contributed by atoms with Crippen molar-refractivity contribution in [1.82, 2.24) is 30.3 Å². The molecule has 0 fully saturated rings. The second-order valence-electron chi connectivity index (χ2n) is 5.52. The fourth-order valence-electron chi connectivity index (χ4n) is 2.22. The maximum absolute atomic E-state index is 13.1. The van der Waals surface area contributed by atoms with Crippen LogP contribution in [0, 0.1) is 5.82 Å². The molecule has 1 aromatic carbocycles. The lowest BCUT2D eigenvalue weighted by atomic mass is 10.3. The quantitative estimate of drug-likeness (QED) is 0.677. The Morgan fingerprint density at radius 1 is 1.44 bits per heavy atom. The van der Waals surface area contributed by atoms with Crippen molar-refractivity contribution in [1.29, 1.82) is 0 Å². The van der Waals surface area contributed by atoms with Crippen LogP contribution in [0.15, 0.2) is 43.0 Å². The summed E-state index contributed by atoms with van der Waals surface area (Å²) in [6.07, 6.45) is 3.02. The number of amides is 1. The van der Waals surface area contributed by atoms with Gasteiger partial charge in [-0.05, 0) is 25.1 Å². The maximum Gasteiger partial charge on any atom is 0.272 e. The van der Waals surface area contributed by atoms with Gasteiger partial charge in [0.15, 0.2) is 0 Å². The molecule has 0 saturated carbocycles. The first-order valence-corrected chi connectivity index (χ1v) is 7.66. The summed E-state index contributed by atoms with van der Waals surface area (Å²) in [5, 5.41) is 13.5. The number of carbonyl (C=O) groups excluding carboxylic acids is 1. The summed E-state index contributed by atoms with van der Waals surface area (Å²) in [7, 11) is 0. The van der Waals surface area contributed by atoms with Gasteiger partial charge in [0.05, 0.1) is 12.2 Å². The molecule has 25 heavy (non-hydrogen) atoms. The molecule has 0 aliphatic rings. The van der Waals surface area contributed by atoms with Gasteiger partial charge in [-0.3, -0.25) is 14.6 Å². The molecule has 0 radical (unpaired) electrons. The summed E-state index contributed by atoms with van der Waals surface area (Å²) in [4.78, 5) is 16.0. The van der Waals surface area contributed by atoms with Crippen LogP contribution in [0.5, 0.6) is 5.75 Å². The van der Waals surface area contributed by atoms with E-state index in [-0.39, 0.29) is 30.1 Å². The average Bonchev–Trinajstić information content (AvgIpc) is 3.24. The van der Waals surface area contributed by atoms with Gasteiger partial charge in [0, 0.05) is 12.1 Å². The highest BCUT2D eigenvalue weighted by molar-refractivity contribution is 5.92. The summed E-state index contributed by atoms with van der Waals surface area (Å²) >= 11 is 0. The van der Waals surface area contributed by atoms with Crippen LogP contribution in [-0.4, -0.2) is 36.9 Å². The van der Waals surface area contributed by atoms with E-state index in [1.807, 2.05) is 6.92 Å². The molecule has 0 bridgehead atoms. The molecule has 2 N–H and O–H groups in total. The number of carbonyl (C=O) groups is 1. The molecule has 130 valence electrons. The van der Waals surface area contributed by atoms with E-state index in [4.69, 9.17) is 4.74 Å². The number of H-pyrrole nitrogens is 1. The second kappa shape index (κ2) is 7.56. The van der Waals surface area contributed by atoms with Crippen molar-refractivity contribution < 1.29 is 13.9 Å². The van der Waals surface area contributed by atoms with Gasteiger partial charge in [-0.2, -0.15) is 10.2 Å². The average molecular weight is 344 g/mol. The molecular weight excluding hydrogens is 327 g/mol. The van der Waals surface area contributed by atoms with Crippen LogP contribution < -0.4 is 10.1 Å². The number of rotatable bonds is 7. The fourth-order valence-corrected chi connectivity index (χ4v) is 2.22. The minimum Gasteiger partial charge on any atom is -0.487 e. The van der Waals surface area contributed by atoms with Crippen LogP contribution in [0.3, 0.4) is 0 Å². The van der Waals surface area contributed by atoms with Crippen molar-refractivity contribution in [3.63, 3.8) is 0 Å². The Balaban J connectivity index is 1.52. The van der Waals surface area contributed by atoms with Gasteiger partial charge in [0.1, 0.15) is 36.5 Å². The molecule has 3 rings (SSSR count). The predicted octanol–water partition coefficient (Wildman–Crippen LogP) is 1.54. The maximum atomic E-state index is 13.1. The molecule has 2 aromatic heterocycles. The van der Waals surface area contributed by atoms with E-state index in [0.29, 0.717) is 18.0 Å². The first kappa shape index (κ1) is 16.6. The molecule has 0 aliphatic heterocycles. The lowest BCUT2D eigenvalue weighted by Gasteiger charge is -2.12. The van der Waals surface area contributed by atoms with E-state index in [1.165, 1.54) is 18.5 Å². The summed E-state index contributed by atoms with van der Waals surface area (Å²) in [5.41, 5.74) is 0.863. The van der Waals surface area contributed by atoms with E-state index in [0.717, 1.165) is 0 Å². The van der Waals surface area contributed by atoms with E-state index in [9.17, 15) is 9.18 Å². The van der Waals surface area contributed by atoms with Crippen molar-refractivity contribution in [2.24, 2.45) is 0 Å². The van der Waals surface area contributed by atoms with E-state index in [2.05, 4.69) is 25.6 Å². The summed E-state index contributed by atoms with van der Waals surface area (Å²) in [6.45, 7) is 2.52. The van der Waals surface area contributed by atoms with Crippen LogP contribution in [0.4, 0.5) is 4.39 Å². The molecule has 9 heteroatoms. The Kier molecular flexibility index (Phi) is 5.03. The van der Waals surface area contributed by atoms with E-state index < -0.39 is 0 Å². The number of nitrogens with one attached hydrogen (secondary N) is 2. The van der Waals surface area contributed by atoms with Crippen molar-refractivity contribution in [2.45, 2.75) is 26.1 Å². The fraction of sp³-hybridized carbons (Fsp3) is 0.250.